The van der Waals surface area contributed by atoms with Gasteiger partial charge in [-0.3, -0.25) is 4.79 Å². The Kier molecular flexibility index (Phi) is 4.84. The van der Waals surface area contributed by atoms with Crippen LogP contribution >= 0.6 is 0 Å². The number of para-hydroxylation sites is 1. The molecular weight excluding hydrogens is 414 g/mol. The molecule has 0 amide bonds. The van der Waals surface area contributed by atoms with E-state index in [0.29, 0.717) is 25.3 Å². The lowest BCUT2D eigenvalue weighted by Gasteiger charge is -2.35. The van der Waals surface area contributed by atoms with E-state index in [-0.39, 0.29) is 11.4 Å². The average molecular weight is 442 g/mol. The summed E-state index contributed by atoms with van der Waals surface area (Å²) in [5.41, 5.74) is 10.7. The van der Waals surface area contributed by atoms with Gasteiger partial charge in [0.2, 0.25) is 0 Å². The Morgan fingerprint density at radius 3 is 2.82 bits per heavy atom. The molecule has 6 rings (SSSR count). The first-order valence-electron chi connectivity index (χ1n) is 11.7. The number of ether oxygens (including phenoxy) is 2. The molecule has 4 heterocycles. The first-order chi connectivity index (χ1) is 16.1. The zero-order chi connectivity index (χ0) is 22.4. The largest absolute Gasteiger partial charge is 0.493 e. The third-order valence-corrected chi connectivity index (χ3v) is 7.26. The highest BCUT2D eigenvalue weighted by Gasteiger charge is 2.34. The Morgan fingerprint density at radius 1 is 1.12 bits per heavy atom. The number of esters is 1. The van der Waals surface area contributed by atoms with E-state index < -0.39 is 0 Å². The topological polar surface area (TPSA) is 78.9 Å². The predicted octanol–water partition coefficient (Wildman–Crippen LogP) is 5.31. The van der Waals surface area contributed by atoms with E-state index in [0.717, 1.165) is 64.1 Å². The number of benzene rings is 1. The van der Waals surface area contributed by atoms with Crippen molar-refractivity contribution in [3.8, 4) is 0 Å². The summed E-state index contributed by atoms with van der Waals surface area (Å²) in [6.07, 6.45) is 11.5. The van der Waals surface area contributed by atoms with Crippen molar-refractivity contribution >= 4 is 39.1 Å². The summed E-state index contributed by atoms with van der Waals surface area (Å²) >= 11 is 0. The van der Waals surface area contributed by atoms with Crippen LogP contribution in [0.3, 0.4) is 0 Å². The fraction of sp³-hybridized carbons (Fsp3) is 0.333. The molecule has 6 heteroatoms. The van der Waals surface area contributed by atoms with Crippen LogP contribution in [-0.2, 0) is 20.9 Å². The third kappa shape index (κ3) is 3.55. The minimum atomic E-state index is -0.241. The van der Waals surface area contributed by atoms with Crippen molar-refractivity contribution in [2.24, 2.45) is 11.1 Å². The van der Waals surface area contributed by atoms with E-state index in [1.54, 1.807) is 6.26 Å². The number of nitrogens with two attached hydrogens (primary N) is 1. The molecule has 1 fully saturated rings. The number of hydrogen-bond acceptors (Lipinski definition) is 5. The smallest absolute Gasteiger partial charge is 0.311 e. The summed E-state index contributed by atoms with van der Waals surface area (Å²) in [4.78, 5) is 17.8. The van der Waals surface area contributed by atoms with Gasteiger partial charge in [-0.05, 0) is 43.0 Å². The molecule has 0 spiro atoms. The Bertz CT molecular complexity index is 1410. The van der Waals surface area contributed by atoms with Gasteiger partial charge in [0.25, 0.3) is 0 Å². The fourth-order valence-corrected chi connectivity index (χ4v) is 5.41. The second-order valence-corrected chi connectivity index (χ2v) is 9.46. The maximum Gasteiger partial charge on any atom is 0.311 e. The second-order valence-electron chi connectivity index (χ2n) is 9.46. The van der Waals surface area contributed by atoms with Crippen molar-refractivity contribution in [1.29, 1.82) is 0 Å². The molecule has 1 saturated carbocycles. The number of fused-ring (bicyclic) bond motifs is 5. The van der Waals surface area contributed by atoms with Gasteiger partial charge < -0.3 is 19.6 Å². The molecular formula is C27H27N3O3. The highest BCUT2D eigenvalue weighted by molar-refractivity contribution is 6.01. The summed E-state index contributed by atoms with van der Waals surface area (Å²) in [7, 11) is 0. The molecule has 168 valence electrons. The molecule has 0 radical (unpaired) electrons. The molecule has 0 bridgehead atoms. The van der Waals surface area contributed by atoms with E-state index >= 15 is 0 Å². The zero-order valence-corrected chi connectivity index (χ0v) is 18.5. The van der Waals surface area contributed by atoms with E-state index in [1.165, 1.54) is 6.42 Å². The molecule has 3 aromatic heterocycles. The monoisotopic (exact) mass is 441 g/mol. The van der Waals surface area contributed by atoms with Crippen LogP contribution in [0.4, 0.5) is 0 Å². The standard InChI is InChI=1S/C27H27N3O3/c28-17-27(8-4-1-5-9-27)12-25(31)33-24-16-32-15-20-14-30-13-19-10-18-6-2-3-7-22(18)29-26(19)23(30)11-21(20)24/h2-3,6-7,10-11,13-14,16H,1,4-5,8-9,12,15,17,28H2. The highest BCUT2D eigenvalue weighted by Crippen LogP contribution is 2.39. The minimum Gasteiger partial charge on any atom is -0.493 e. The van der Waals surface area contributed by atoms with Crippen LogP contribution in [-0.4, -0.2) is 21.9 Å². The summed E-state index contributed by atoms with van der Waals surface area (Å²) < 4.78 is 13.6. The van der Waals surface area contributed by atoms with Crippen LogP contribution < -0.4 is 5.73 Å². The normalized spacial score (nSPS) is 17.5. The van der Waals surface area contributed by atoms with Crippen molar-refractivity contribution in [3.05, 3.63) is 66.2 Å². The number of nitrogens with zero attached hydrogens (tertiary/aromatic N) is 2. The van der Waals surface area contributed by atoms with E-state index in [2.05, 4.69) is 28.8 Å². The Balaban J connectivity index is 1.35. The van der Waals surface area contributed by atoms with Gasteiger partial charge in [-0.15, -0.1) is 0 Å². The van der Waals surface area contributed by atoms with Crippen LogP contribution in [0.5, 0.6) is 0 Å². The van der Waals surface area contributed by atoms with E-state index in [9.17, 15) is 4.79 Å². The minimum absolute atomic E-state index is 0.138. The number of rotatable bonds is 4. The number of pyridine rings is 2. The van der Waals surface area contributed by atoms with Gasteiger partial charge in [-0.25, -0.2) is 4.98 Å². The molecule has 1 aliphatic heterocycles. The highest BCUT2D eigenvalue weighted by atomic mass is 16.6. The van der Waals surface area contributed by atoms with Crippen LogP contribution in [0.25, 0.3) is 33.1 Å². The zero-order valence-electron chi connectivity index (χ0n) is 18.5. The lowest BCUT2D eigenvalue weighted by atomic mass is 9.72. The third-order valence-electron chi connectivity index (χ3n) is 7.26. The van der Waals surface area contributed by atoms with Gasteiger partial charge in [0, 0.05) is 34.3 Å². The average Bonchev–Trinajstić information content (AvgIpc) is 3.18. The van der Waals surface area contributed by atoms with Crippen molar-refractivity contribution in [3.63, 3.8) is 0 Å². The first-order valence-corrected chi connectivity index (χ1v) is 11.7. The summed E-state index contributed by atoms with van der Waals surface area (Å²) in [5, 5.41) is 2.18. The fourth-order valence-electron chi connectivity index (χ4n) is 5.41. The van der Waals surface area contributed by atoms with Gasteiger partial charge in [0.1, 0.15) is 12.9 Å². The number of carbonyl (C=O) groups excluding carboxylic acids is 1. The molecule has 4 aromatic rings. The van der Waals surface area contributed by atoms with E-state index in [1.807, 2.05) is 24.4 Å². The van der Waals surface area contributed by atoms with Crippen LogP contribution in [0, 0.1) is 5.41 Å². The summed E-state index contributed by atoms with van der Waals surface area (Å²) in [6, 6.07) is 12.3. The van der Waals surface area contributed by atoms with Gasteiger partial charge >= 0.3 is 5.97 Å². The van der Waals surface area contributed by atoms with Gasteiger partial charge in [-0.2, -0.15) is 0 Å². The maximum atomic E-state index is 12.9. The second kappa shape index (κ2) is 7.89. The molecule has 0 unspecified atom stereocenters. The number of aromatic nitrogens is 2. The molecule has 1 aromatic carbocycles. The Labute approximate surface area is 192 Å². The van der Waals surface area contributed by atoms with Gasteiger partial charge in [0.15, 0.2) is 5.76 Å². The summed E-state index contributed by atoms with van der Waals surface area (Å²) in [5.74, 6) is 0.219. The molecule has 1 aliphatic carbocycles. The molecule has 33 heavy (non-hydrogen) atoms. The van der Waals surface area contributed by atoms with Crippen molar-refractivity contribution < 1.29 is 14.3 Å². The van der Waals surface area contributed by atoms with Crippen molar-refractivity contribution in [2.45, 2.75) is 45.1 Å². The Hall–Kier alpha value is -3.38. The van der Waals surface area contributed by atoms with Crippen molar-refractivity contribution in [2.75, 3.05) is 6.54 Å². The molecule has 0 saturated heterocycles. The Morgan fingerprint density at radius 2 is 1.97 bits per heavy atom. The number of carbonyl (C=O) groups is 1. The van der Waals surface area contributed by atoms with Crippen LogP contribution in [0.15, 0.2) is 55.1 Å². The maximum absolute atomic E-state index is 12.9. The molecule has 0 atom stereocenters. The predicted molar refractivity (Wildman–Crippen MR) is 128 cm³/mol. The summed E-state index contributed by atoms with van der Waals surface area (Å²) in [6.45, 7) is 0.952. The molecule has 2 N–H and O–H groups in total. The lowest BCUT2D eigenvalue weighted by Crippen LogP contribution is -2.35. The van der Waals surface area contributed by atoms with Crippen molar-refractivity contribution in [1.82, 2.24) is 9.38 Å². The quantitative estimate of drug-likeness (QED) is 0.434. The molecule has 2 aliphatic rings. The van der Waals surface area contributed by atoms with E-state index in [4.69, 9.17) is 20.2 Å². The number of hydrogen-bond donors (Lipinski definition) is 1. The van der Waals surface area contributed by atoms with Gasteiger partial charge in [0.05, 0.1) is 23.0 Å². The first kappa shape index (κ1) is 20.2. The SMILES string of the molecule is NCC1(CC(=O)OC2=COCc3cn4cc5cc6ccccc6nc5c4cc32)CCCCC1. The van der Waals surface area contributed by atoms with Crippen LogP contribution in [0.1, 0.15) is 49.7 Å². The molecule has 6 nitrogen and oxygen atoms in total. The van der Waals surface area contributed by atoms with Crippen LogP contribution in [0.2, 0.25) is 0 Å². The van der Waals surface area contributed by atoms with Gasteiger partial charge in [-0.1, -0.05) is 37.5 Å². The lowest BCUT2D eigenvalue weighted by molar-refractivity contribution is -0.140.